The first-order valence-electron chi connectivity index (χ1n) is 7.23. The van der Waals surface area contributed by atoms with Gasteiger partial charge in [0.1, 0.15) is 5.82 Å². The molecule has 23 heavy (non-hydrogen) atoms. The van der Waals surface area contributed by atoms with Gasteiger partial charge in [-0.2, -0.15) is 0 Å². The Morgan fingerprint density at radius 3 is 2.04 bits per heavy atom. The average Bonchev–Trinajstić information content (AvgIpc) is 3.27. The Kier molecular flexibility index (Phi) is 4.00. The first kappa shape index (κ1) is 16.1. The fraction of sp³-hybridized carbons (Fsp3) is 0.294. The average molecular weight is 336 g/mol. The Bertz CT molecular complexity index is 783. The maximum Gasteiger partial charge on any atom is 0.182 e. The van der Waals surface area contributed by atoms with Gasteiger partial charge in [-0.05, 0) is 29.8 Å². The van der Waals surface area contributed by atoms with Crippen molar-refractivity contribution in [2.24, 2.45) is 5.41 Å². The van der Waals surface area contributed by atoms with Crippen molar-refractivity contribution in [3.63, 3.8) is 0 Å². The van der Waals surface area contributed by atoms with Gasteiger partial charge in [0.25, 0.3) is 0 Å². The molecule has 3 rings (SSSR count). The second-order valence-corrected chi connectivity index (χ2v) is 7.93. The van der Waals surface area contributed by atoms with Gasteiger partial charge < -0.3 is 10.2 Å². The summed E-state index contributed by atoms with van der Waals surface area (Å²) in [4.78, 5) is 0.154. The highest BCUT2D eigenvalue weighted by atomic mass is 32.2. The molecule has 1 fully saturated rings. The van der Waals surface area contributed by atoms with Crippen LogP contribution in [0.2, 0.25) is 0 Å². The molecule has 2 N–H and O–H groups in total. The topological polar surface area (TPSA) is 74.6 Å². The van der Waals surface area contributed by atoms with Crippen molar-refractivity contribution < 1.29 is 23.0 Å². The fourth-order valence-corrected chi connectivity index (χ4v) is 5.75. The lowest BCUT2D eigenvalue weighted by Gasteiger charge is -2.11. The van der Waals surface area contributed by atoms with Crippen molar-refractivity contribution in [3.8, 4) is 0 Å². The largest absolute Gasteiger partial charge is 0.396 e. The maximum absolute atomic E-state index is 13.1. The molecule has 1 aliphatic rings. The predicted octanol–water partition coefficient (Wildman–Crippen LogP) is 1.74. The standard InChI is InChI=1S/C17H17FO4S/c18-13-8-6-12(7-9-13)15-16(17(15,10-19)11-20)23(21,22)14-4-2-1-3-5-14/h1-9,15-16,19-20H,10-11H2/t15-,16+/m1/s1. The summed E-state index contributed by atoms with van der Waals surface area (Å²) in [6.45, 7) is -0.912. The summed E-state index contributed by atoms with van der Waals surface area (Å²) in [7, 11) is -3.72. The first-order chi connectivity index (χ1) is 11.0. The Morgan fingerprint density at radius 2 is 1.52 bits per heavy atom. The van der Waals surface area contributed by atoms with Crippen LogP contribution in [0.15, 0.2) is 59.5 Å². The molecule has 0 amide bonds. The van der Waals surface area contributed by atoms with E-state index >= 15 is 0 Å². The van der Waals surface area contributed by atoms with Crippen molar-refractivity contribution in [3.05, 3.63) is 66.0 Å². The number of aliphatic hydroxyl groups excluding tert-OH is 2. The number of hydrogen-bond acceptors (Lipinski definition) is 4. The Morgan fingerprint density at radius 1 is 0.957 bits per heavy atom. The first-order valence-corrected chi connectivity index (χ1v) is 8.78. The second kappa shape index (κ2) is 5.70. The van der Waals surface area contributed by atoms with E-state index in [2.05, 4.69) is 0 Å². The maximum atomic E-state index is 13.1. The number of hydrogen-bond donors (Lipinski definition) is 2. The summed E-state index contributed by atoms with van der Waals surface area (Å²) >= 11 is 0. The molecule has 0 spiro atoms. The van der Waals surface area contributed by atoms with Crippen LogP contribution in [0.3, 0.4) is 0 Å². The van der Waals surface area contributed by atoms with Gasteiger partial charge in [-0.3, -0.25) is 0 Å². The van der Waals surface area contributed by atoms with Crippen molar-refractivity contribution in [2.75, 3.05) is 13.2 Å². The van der Waals surface area contributed by atoms with E-state index in [1.807, 2.05) is 0 Å². The molecule has 2 atom stereocenters. The SMILES string of the molecule is O=S(=O)(c1ccccc1)[C@H]1[C@@H](c2ccc(F)cc2)C1(CO)CO. The van der Waals surface area contributed by atoms with Gasteiger partial charge in [-0.25, -0.2) is 12.8 Å². The summed E-state index contributed by atoms with van der Waals surface area (Å²) < 4.78 is 38.9. The quantitative estimate of drug-likeness (QED) is 0.872. The molecule has 0 radical (unpaired) electrons. The van der Waals surface area contributed by atoms with Crippen LogP contribution in [-0.2, 0) is 9.84 Å². The van der Waals surface area contributed by atoms with E-state index in [0.717, 1.165) is 0 Å². The van der Waals surface area contributed by atoms with E-state index in [1.165, 1.54) is 36.4 Å². The molecular formula is C17H17FO4S. The third-order valence-electron chi connectivity index (χ3n) is 4.60. The smallest absolute Gasteiger partial charge is 0.182 e. The van der Waals surface area contributed by atoms with Gasteiger partial charge in [0, 0.05) is 11.3 Å². The molecule has 1 saturated carbocycles. The number of halogens is 1. The lowest BCUT2D eigenvalue weighted by Crippen LogP contribution is -2.22. The second-order valence-electron chi connectivity index (χ2n) is 5.86. The number of aliphatic hydroxyl groups is 2. The normalized spacial score (nSPS) is 22.7. The third-order valence-corrected chi connectivity index (χ3v) is 6.94. The van der Waals surface area contributed by atoms with Crippen LogP contribution in [0.1, 0.15) is 11.5 Å². The van der Waals surface area contributed by atoms with Gasteiger partial charge >= 0.3 is 0 Å². The molecule has 4 nitrogen and oxygen atoms in total. The van der Waals surface area contributed by atoms with E-state index < -0.39 is 45.5 Å². The van der Waals surface area contributed by atoms with Gasteiger partial charge in [-0.15, -0.1) is 0 Å². The molecule has 0 aliphatic heterocycles. The minimum absolute atomic E-state index is 0.154. The van der Waals surface area contributed by atoms with Crippen LogP contribution in [0, 0.1) is 11.2 Å². The summed E-state index contributed by atoms with van der Waals surface area (Å²) in [5, 5.41) is 18.5. The van der Waals surface area contributed by atoms with Crippen LogP contribution in [0.5, 0.6) is 0 Å². The summed E-state index contributed by atoms with van der Waals surface area (Å²) in [6.07, 6.45) is 0. The fourth-order valence-electron chi connectivity index (χ4n) is 3.30. The molecular weight excluding hydrogens is 319 g/mol. The van der Waals surface area contributed by atoms with Crippen LogP contribution in [0.25, 0.3) is 0 Å². The van der Waals surface area contributed by atoms with E-state index in [1.54, 1.807) is 18.2 Å². The molecule has 2 aromatic rings. The molecule has 0 bridgehead atoms. The molecule has 1 aliphatic carbocycles. The zero-order chi connectivity index (χ0) is 16.7. The number of benzene rings is 2. The molecule has 0 unspecified atom stereocenters. The Hall–Kier alpha value is -1.76. The van der Waals surface area contributed by atoms with E-state index in [-0.39, 0.29) is 4.90 Å². The van der Waals surface area contributed by atoms with Crippen molar-refractivity contribution in [1.29, 1.82) is 0 Å². The summed E-state index contributed by atoms with van der Waals surface area (Å²) in [6, 6.07) is 13.5. The highest BCUT2D eigenvalue weighted by Gasteiger charge is 2.70. The van der Waals surface area contributed by atoms with E-state index in [9.17, 15) is 23.0 Å². The highest BCUT2D eigenvalue weighted by Crippen LogP contribution is 2.63. The van der Waals surface area contributed by atoms with E-state index in [4.69, 9.17) is 0 Å². The predicted molar refractivity (Wildman–Crippen MR) is 83.2 cm³/mol. The van der Waals surface area contributed by atoms with Crippen molar-refractivity contribution >= 4 is 9.84 Å². The lowest BCUT2D eigenvalue weighted by atomic mass is 10.0. The molecule has 0 aromatic heterocycles. The Balaban J connectivity index is 2.05. The van der Waals surface area contributed by atoms with Crippen LogP contribution < -0.4 is 0 Å². The highest BCUT2D eigenvalue weighted by molar-refractivity contribution is 7.92. The monoisotopic (exact) mass is 336 g/mol. The molecule has 2 aromatic carbocycles. The van der Waals surface area contributed by atoms with Crippen molar-refractivity contribution in [1.82, 2.24) is 0 Å². The summed E-state index contributed by atoms with van der Waals surface area (Å²) in [5.74, 6) is -0.987. The molecule has 0 saturated heterocycles. The van der Waals surface area contributed by atoms with Crippen molar-refractivity contribution in [2.45, 2.75) is 16.1 Å². The number of sulfone groups is 1. The van der Waals surface area contributed by atoms with Gasteiger partial charge in [-0.1, -0.05) is 30.3 Å². The van der Waals surface area contributed by atoms with Gasteiger partial charge in [0.15, 0.2) is 9.84 Å². The van der Waals surface area contributed by atoms with Crippen LogP contribution >= 0.6 is 0 Å². The van der Waals surface area contributed by atoms with E-state index in [0.29, 0.717) is 5.56 Å². The van der Waals surface area contributed by atoms with Crippen LogP contribution in [-0.4, -0.2) is 37.1 Å². The zero-order valence-electron chi connectivity index (χ0n) is 12.3. The lowest BCUT2D eigenvalue weighted by molar-refractivity contribution is 0.130. The molecule has 0 heterocycles. The Labute approximate surface area is 134 Å². The van der Waals surface area contributed by atoms with Gasteiger partial charge in [0.05, 0.1) is 23.4 Å². The zero-order valence-corrected chi connectivity index (χ0v) is 13.1. The van der Waals surface area contributed by atoms with Gasteiger partial charge in [0.2, 0.25) is 0 Å². The summed E-state index contributed by atoms with van der Waals surface area (Å²) in [5.41, 5.74) is -0.550. The third kappa shape index (κ3) is 2.47. The molecule has 6 heteroatoms. The number of rotatable bonds is 5. The minimum atomic E-state index is -3.72. The van der Waals surface area contributed by atoms with Crippen LogP contribution in [0.4, 0.5) is 4.39 Å². The molecule has 122 valence electrons. The minimum Gasteiger partial charge on any atom is -0.396 e.